The second-order valence-electron chi connectivity index (χ2n) is 6.94. The molecular weight excluding hydrogens is 344 g/mol. The summed E-state index contributed by atoms with van der Waals surface area (Å²) >= 11 is 0. The molecule has 1 atom stereocenters. The monoisotopic (exact) mass is 366 g/mol. The average Bonchev–Trinajstić information content (AvgIpc) is 2.92. The van der Waals surface area contributed by atoms with Crippen molar-refractivity contribution in [3.63, 3.8) is 0 Å². The third kappa shape index (κ3) is 3.23. The smallest absolute Gasteiger partial charge is 0.325 e. The molecule has 3 amide bonds. The van der Waals surface area contributed by atoms with Gasteiger partial charge in [0, 0.05) is 6.42 Å². The van der Waals surface area contributed by atoms with Gasteiger partial charge in [0.05, 0.1) is 13.7 Å². The molecule has 0 aromatic heterocycles. The number of urea groups is 1. The highest BCUT2D eigenvalue weighted by Crippen LogP contribution is 2.33. The number of ether oxygens (including phenoxy) is 2. The van der Waals surface area contributed by atoms with Crippen LogP contribution in [0.15, 0.2) is 48.5 Å². The Bertz CT molecular complexity index is 865. The molecule has 1 fully saturated rings. The fourth-order valence-electron chi connectivity index (χ4n) is 3.83. The second kappa shape index (κ2) is 6.95. The molecule has 6 heteroatoms. The topological polar surface area (TPSA) is 67.9 Å². The van der Waals surface area contributed by atoms with Crippen LogP contribution in [0.25, 0.3) is 0 Å². The summed E-state index contributed by atoms with van der Waals surface area (Å²) in [5.74, 6) is 1.26. The van der Waals surface area contributed by atoms with Crippen molar-refractivity contribution in [2.45, 2.75) is 24.8 Å². The molecule has 1 aliphatic heterocycles. The number of nitrogens with one attached hydrogen (secondary N) is 1. The molecule has 2 aromatic rings. The molecule has 6 nitrogen and oxygen atoms in total. The molecule has 1 N–H and O–H groups in total. The molecule has 1 aliphatic carbocycles. The van der Waals surface area contributed by atoms with Crippen molar-refractivity contribution in [2.75, 3.05) is 20.3 Å². The summed E-state index contributed by atoms with van der Waals surface area (Å²) in [5, 5.41) is 2.94. The van der Waals surface area contributed by atoms with Crippen LogP contribution in [0.5, 0.6) is 11.5 Å². The maximum Gasteiger partial charge on any atom is 0.325 e. The number of hydrogen-bond donors (Lipinski definition) is 1. The lowest BCUT2D eigenvalue weighted by Crippen LogP contribution is -2.51. The van der Waals surface area contributed by atoms with Gasteiger partial charge in [-0.3, -0.25) is 9.69 Å². The van der Waals surface area contributed by atoms with Crippen LogP contribution in [0.2, 0.25) is 0 Å². The van der Waals surface area contributed by atoms with E-state index < -0.39 is 5.54 Å². The number of amides is 3. The Labute approximate surface area is 158 Å². The van der Waals surface area contributed by atoms with E-state index >= 15 is 0 Å². The Morgan fingerprint density at radius 1 is 1.04 bits per heavy atom. The van der Waals surface area contributed by atoms with Gasteiger partial charge in [0.1, 0.15) is 23.6 Å². The molecule has 2 aromatic carbocycles. The lowest BCUT2D eigenvalue weighted by molar-refractivity contribution is -0.132. The van der Waals surface area contributed by atoms with Crippen molar-refractivity contribution in [3.05, 3.63) is 59.7 Å². The Morgan fingerprint density at radius 3 is 2.48 bits per heavy atom. The van der Waals surface area contributed by atoms with Gasteiger partial charge in [0.15, 0.2) is 0 Å². The molecule has 0 saturated carbocycles. The molecule has 140 valence electrons. The van der Waals surface area contributed by atoms with Crippen LogP contribution in [0, 0.1) is 0 Å². The summed E-state index contributed by atoms with van der Waals surface area (Å²) in [4.78, 5) is 26.7. The Kier molecular flexibility index (Phi) is 4.48. The van der Waals surface area contributed by atoms with Gasteiger partial charge in [-0.2, -0.15) is 0 Å². The number of rotatable bonds is 5. The van der Waals surface area contributed by atoms with Crippen molar-refractivity contribution in [1.82, 2.24) is 10.2 Å². The van der Waals surface area contributed by atoms with Crippen molar-refractivity contribution in [1.29, 1.82) is 0 Å². The van der Waals surface area contributed by atoms with Crippen LogP contribution in [0.1, 0.15) is 17.5 Å². The summed E-state index contributed by atoms with van der Waals surface area (Å²) in [6.07, 6.45) is 1.96. The summed E-state index contributed by atoms with van der Waals surface area (Å²) in [5.41, 5.74) is 1.58. The lowest BCUT2D eigenvalue weighted by atomic mass is 9.78. The second-order valence-corrected chi connectivity index (χ2v) is 6.94. The first-order chi connectivity index (χ1) is 13.1. The van der Waals surface area contributed by atoms with Gasteiger partial charge in [-0.1, -0.05) is 24.3 Å². The van der Waals surface area contributed by atoms with E-state index in [4.69, 9.17) is 9.47 Å². The first kappa shape index (κ1) is 17.4. The van der Waals surface area contributed by atoms with E-state index in [1.807, 2.05) is 18.2 Å². The van der Waals surface area contributed by atoms with Crippen molar-refractivity contribution >= 4 is 11.9 Å². The van der Waals surface area contributed by atoms with Crippen LogP contribution in [0.3, 0.4) is 0 Å². The van der Waals surface area contributed by atoms with Gasteiger partial charge >= 0.3 is 6.03 Å². The van der Waals surface area contributed by atoms with Crippen LogP contribution < -0.4 is 14.8 Å². The first-order valence-corrected chi connectivity index (χ1v) is 9.09. The van der Waals surface area contributed by atoms with Gasteiger partial charge in [-0.15, -0.1) is 0 Å². The van der Waals surface area contributed by atoms with Gasteiger partial charge in [0.25, 0.3) is 5.91 Å². The van der Waals surface area contributed by atoms with E-state index in [0.29, 0.717) is 18.6 Å². The number of benzene rings is 2. The molecule has 4 rings (SSSR count). The number of hydrogen-bond acceptors (Lipinski definition) is 4. The Hall–Kier alpha value is -3.02. The lowest BCUT2D eigenvalue weighted by Gasteiger charge is -2.32. The standard InChI is InChI=1S/C21H22N2O4/c1-26-17-6-8-18(9-7-17)27-13-12-23-19(24)21(22-20(23)25)11-10-15-4-2-3-5-16(15)14-21/h2-9H,10-14H2,1H3,(H,22,25)/t21-/m1/s1. The van der Waals surface area contributed by atoms with E-state index in [0.717, 1.165) is 17.7 Å². The minimum atomic E-state index is -0.814. The van der Waals surface area contributed by atoms with E-state index in [9.17, 15) is 9.59 Å². The number of carbonyl (C=O) groups excluding carboxylic acids is 2. The molecule has 0 radical (unpaired) electrons. The van der Waals surface area contributed by atoms with E-state index in [-0.39, 0.29) is 25.1 Å². The fraction of sp³-hybridized carbons (Fsp3) is 0.333. The summed E-state index contributed by atoms with van der Waals surface area (Å²) in [7, 11) is 1.60. The zero-order valence-electron chi connectivity index (χ0n) is 15.2. The number of fused-ring (bicyclic) bond motifs is 1. The van der Waals surface area contributed by atoms with E-state index in [1.54, 1.807) is 31.4 Å². The predicted octanol–water partition coefficient (Wildman–Crippen LogP) is 2.55. The number of carbonyl (C=O) groups is 2. The summed E-state index contributed by atoms with van der Waals surface area (Å²) < 4.78 is 10.8. The largest absolute Gasteiger partial charge is 0.497 e. The number of methoxy groups -OCH3 is 1. The normalized spacial score (nSPS) is 21.1. The molecule has 2 aliphatic rings. The van der Waals surface area contributed by atoms with Gasteiger partial charge < -0.3 is 14.8 Å². The summed E-state index contributed by atoms with van der Waals surface area (Å²) in [6, 6.07) is 15.0. The van der Waals surface area contributed by atoms with Gasteiger partial charge in [-0.05, 0) is 48.2 Å². The third-order valence-corrected chi connectivity index (χ3v) is 5.32. The number of imide groups is 1. The molecular formula is C21H22N2O4. The molecule has 1 spiro atoms. The SMILES string of the molecule is COc1ccc(OCCN2C(=O)N[C@@]3(CCc4ccccc4C3)C2=O)cc1. The zero-order chi connectivity index (χ0) is 18.9. The first-order valence-electron chi connectivity index (χ1n) is 9.09. The maximum atomic E-state index is 13.0. The quantitative estimate of drug-likeness (QED) is 0.826. The predicted molar refractivity (Wildman–Crippen MR) is 99.9 cm³/mol. The van der Waals surface area contributed by atoms with Crippen molar-refractivity contribution in [2.24, 2.45) is 0 Å². The highest BCUT2D eigenvalue weighted by atomic mass is 16.5. The Balaban J connectivity index is 1.40. The van der Waals surface area contributed by atoms with Crippen molar-refractivity contribution in [3.8, 4) is 11.5 Å². The highest BCUT2D eigenvalue weighted by molar-refractivity contribution is 6.07. The highest BCUT2D eigenvalue weighted by Gasteiger charge is 2.52. The van der Waals surface area contributed by atoms with Crippen molar-refractivity contribution < 1.29 is 19.1 Å². The van der Waals surface area contributed by atoms with Gasteiger partial charge in [0.2, 0.25) is 0 Å². The molecule has 27 heavy (non-hydrogen) atoms. The third-order valence-electron chi connectivity index (χ3n) is 5.32. The van der Waals surface area contributed by atoms with Crippen LogP contribution in [-0.2, 0) is 17.6 Å². The average molecular weight is 366 g/mol. The fourth-order valence-corrected chi connectivity index (χ4v) is 3.83. The maximum absolute atomic E-state index is 13.0. The van der Waals surface area contributed by atoms with Crippen LogP contribution in [-0.4, -0.2) is 42.6 Å². The molecule has 0 unspecified atom stereocenters. The van der Waals surface area contributed by atoms with E-state index in [2.05, 4.69) is 11.4 Å². The van der Waals surface area contributed by atoms with Gasteiger partial charge in [-0.25, -0.2) is 4.79 Å². The summed E-state index contributed by atoms with van der Waals surface area (Å²) in [6.45, 7) is 0.470. The minimum Gasteiger partial charge on any atom is -0.497 e. The number of aryl methyl sites for hydroxylation is 1. The molecule has 1 saturated heterocycles. The van der Waals surface area contributed by atoms with Crippen LogP contribution >= 0.6 is 0 Å². The Morgan fingerprint density at radius 2 is 1.74 bits per heavy atom. The van der Waals surface area contributed by atoms with Crippen LogP contribution in [0.4, 0.5) is 4.79 Å². The minimum absolute atomic E-state index is 0.152. The molecule has 0 bridgehead atoms. The zero-order valence-corrected chi connectivity index (χ0v) is 15.2. The number of nitrogens with zero attached hydrogens (tertiary/aromatic N) is 1. The molecule has 1 heterocycles. The van der Waals surface area contributed by atoms with E-state index in [1.165, 1.54) is 10.5 Å².